The second kappa shape index (κ2) is 8.92. The smallest absolute Gasteiger partial charge is 0.161 e. The summed E-state index contributed by atoms with van der Waals surface area (Å²) in [5.41, 5.74) is 1.22. The predicted molar refractivity (Wildman–Crippen MR) is 98.0 cm³/mol. The number of likely N-dealkylation sites (tertiary alicyclic amines) is 1. The van der Waals surface area contributed by atoms with E-state index in [1.807, 2.05) is 25.1 Å². The van der Waals surface area contributed by atoms with Crippen LogP contribution in [0.1, 0.15) is 31.1 Å². The third-order valence-electron chi connectivity index (χ3n) is 4.67. The van der Waals surface area contributed by atoms with E-state index in [9.17, 15) is 0 Å². The van der Waals surface area contributed by atoms with E-state index in [2.05, 4.69) is 22.3 Å². The highest BCUT2D eigenvalue weighted by molar-refractivity contribution is 5.42. The van der Waals surface area contributed by atoms with Crippen LogP contribution in [0.15, 0.2) is 41.0 Å². The Balaban J connectivity index is 1.45. The first-order valence-corrected chi connectivity index (χ1v) is 9.06. The quantitative estimate of drug-likeness (QED) is 0.795. The van der Waals surface area contributed by atoms with Gasteiger partial charge in [-0.05, 0) is 49.6 Å². The van der Waals surface area contributed by atoms with Crippen molar-refractivity contribution in [3.8, 4) is 11.5 Å². The average Bonchev–Trinajstić information content (AvgIpc) is 3.15. The van der Waals surface area contributed by atoms with Crippen LogP contribution in [0.5, 0.6) is 11.5 Å². The fourth-order valence-corrected chi connectivity index (χ4v) is 3.28. The zero-order chi connectivity index (χ0) is 17.5. The predicted octanol–water partition coefficient (Wildman–Crippen LogP) is 3.44. The van der Waals surface area contributed by atoms with Crippen LogP contribution in [-0.4, -0.2) is 37.7 Å². The van der Waals surface area contributed by atoms with Crippen molar-refractivity contribution in [2.75, 3.05) is 26.8 Å². The minimum absolute atomic E-state index is 0.561. The molecule has 0 atom stereocenters. The van der Waals surface area contributed by atoms with Gasteiger partial charge >= 0.3 is 0 Å². The Morgan fingerprint density at radius 1 is 1.20 bits per heavy atom. The number of piperidine rings is 1. The molecular formula is C20H28N2O3. The molecule has 25 heavy (non-hydrogen) atoms. The molecule has 0 spiro atoms. The number of ether oxygens (including phenoxy) is 2. The van der Waals surface area contributed by atoms with Gasteiger partial charge in [0.1, 0.15) is 5.76 Å². The first kappa shape index (κ1) is 17.8. The molecule has 0 saturated carbocycles. The van der Waals surface area contributed by atoms with E-state index in [4.69, 9.17) is 13.9 Å². The summed E-state index contributed by atoms with van der Waals surface area (Å²) in [6.07, 6.45) is 4.07. The van der Waals surface area contributed by atoms with Crippen molar-refractivity contribution in [3.63, 3.8) is 0 Å². The van der Waals surface area contributed by atoms with E-state index in [0.29, 0.717) is 12.6 Å². The maximum Gasteiger partial charge on any atom is 0.161 e. The van der Waals surface area contributed by atoms with Gasteiger partial charge in [-0.1, -0.05) is 6.07 Å². The third-order valence-corrected chi connectivity index (χ3v) is 4.67. The van der Waals surface area contributed by atoms with Gasteiger partial charge < -0.3 is 19.2 Å². The highest BCUT2D eigenvalue weighted by Gasteiger charge is 2.19. The number of benzene rings is 1. The zero-order valence-electron chi connectivity index (χ0n) is 15.2. The van der Waals surface area contributed by atoms with Gasteiger partial charge in [-0.15, -0.1) is 0 Å². The third kappa shape index (κ3) is 5.00. The lowest BCUT2D eigenvalue weighted by Crippen LogP contribution is -2.41. The van der Waals surface area contributed by atoms with Crippen LogP contribution in [0.4, 0.5) is 0 Å². The SMILES string of the molecule is CCOc1cc(CNC2CCN(Cc3ccco3)CC2)ccc1OC. The van der Waals surface area contributed by atoms with E-state index < -0.39 is 0 Å². The van der Waals surface area contributed by atoms with E-state index in [-0.39, 0.29) is 0 Å². The van der Waals surface area contributed by atoms with Crippen LogP contribution in [0.2, 0.25) is 0 Å². The van der Waals surface area contributed by atoms with Crippen LogP contribution in [0, 0.1) is 0 Å². The number of nitrogens with zero attached hydrogens (tertiary/aromatic N) is 1. The standard InChI is InChI=1S/C20H28N2O3/c1-3-24-20-13-16(6-7-19(20)23-2)14-21-17-8-10-22(11-9-17)15-18-5-4-12-25-18/h4-7,12-13,17,21H,3,8-11,14-15H2,1-2H3. The van der Waals surface area contributed by atoms with Crippen molar-refractivity contribution in [3.05, 3.63) is 47.9 Å². The highest BCUT2D eigenvalue weighted by Crippen LogP contribution is 2.28. The molecule has 0 amide bonds. The van der Waals surface area contributed by atoms with E-state index in [1.165, 1.54) is 5.56 Å². The molecule has 2 aromatic rings. The number of hydrogen-bond acceptors (Lipinski definition) is 5. The van der Waals surface area contributed by atoms with E-state index >= 15 is 0 Å². The highest BCUT2D eigenvalue weighted by atomic mass is 16.5. The van der Waals surface area contributed by atoms with Crippen molar-refractivity contribution in [2.24, 2.45) is 0 Å². The summed E-state index contributed by atoms with van der Waals surface area (Å²) in [5, 5.41) is 3.68. The number of nitrogens with one attached hydrogen (secondary N) is 1. The molecule has 136 valence electrons. The Hall–Kier alpha value is -1.98. The van der Waals surface area contributed by atoms with Gasteiger partial charge in [0, 0.05) is 25.7 Å². The molecular weight excluding hydrogens is 316 g/mol. The van der Waals surface area contributed by atoms with Crippen molar-refractivity contribution in [1.82, 2.24) is 10.2 Å². The molecule has 0 bridgehead atoms. The van der Waals surface area contributed by atoms with E-state index in [1.54, 1.807) is 13.4 Å². The van der Waals surface area contributed by atoms with Crippen molar-refractivity contribution >= 4 is 0 Å². The number of rotatable bonds is 8. The molecule has 1 saturated heterocycles. The molecule has 0 unspecified atom stereocenters. The van der Waals surface area contributed by atoms with Gasteiger partial charge in [-0.25, -0.2) is 0 Å². The summed E-state index contributed by atoms with van der Waals surface area (Å²) in [4.78, 5) is 2.46. The van der Waals surface area contributed by atoms with Gasteiger partial charge in [0.25, 0.3) is 0 Å². The van der Waals surface area contributed by atoms with Gasteiger partial charge in [0.05, 0.1) is 26.5 Å². The molecule has 3 rings (SSSR count). The van der Waals surface area contributed by atoms with Crippen LogP contribution in [-0.2, 0) is 13.1 Å². The Morgan fingerprint density at radius 2 is 2.04 bits per heavy atom. The van der Waals surface area contributed by atoms with Crippen molar-refractivity contribution in [2.45, 2.75) is 38.9 Å². The summed E-state index contributed by atoms with van der Waals surface area (Å²) >= 11 is 0. The van der Waals surface area contributed by atoms with Crippen molar-refractivity contribution < 1.29 is 13.9 Å². The van der Waals surface area contributed by atoms with Crippen LogP contribution < -0.4 is 14.8 Å². The fraction of sp³-hybridized carbons (Fsp3) is 0.500. The fourth-order valence-electron chi connectivity index (χ4n) is 3.28. The monoisotopic (exact) mass is 344 g/mol. The lowest BCUT2D eigenvalue weighted by atomic mass is 10.0. The Morgan fingerprint density at radius 3 is 2.72 bits per heavy atom. The molecule has 1 aromatic carbocycles. The lowest BCUT2D eigenvalue weighted by molar-refractivity contribution is 0.178. The first-order chi connectivity index (χ1) is 12.3. The second-order valence-corrected chi connectivity index (χ2v) is 6.43. The summed E-state index contributed by atoms with van der Waals surface area (Å²) in [5.74, 6) is 2.66. The summed E-state index contributed by atoms with van der Waals surface area (Å²) in [6, 6.07) is 10.7. The number of furan rings is 1. The Kier molecular flexibility index (Phi) is 6.36. The number of hydrogen-bond donors (Lipinski definition) is 1. The zero-order valence-corrected chi connectivity index (χ0v) is 15.2. The second-order valence-electron chi connectivity index (χ2n) is 6.43. The number of methoxy groups -OCH3 is 1. The molecule has 5 heteroatoms. The minimum Gasteiger partial charge on any atom is -0.493 e. The maximum absolute atomic E-state index is 5.66. The molecule has 1 aliphatic rings. The molecule has 1 fully saturated rings. The van der Waals surface area contributed by atoms with Gasteiger partial charge in [0.2, 0.25) is 0 Å². The Labute approximate surface area is 149 Å². The van der Waals surface area contributed by atoms with Crippen LogP contribution in [0.25, 0.3) is 0 Å². The Bertz CT molecular complexity index is 634. The largest absolute Gasteiger partial charge is 0.493 e. The minimum atomic E-state index is 0.561. The first-order valence-electron chi connectivity index (χ1n) is 9.06. The maximum atomic E-state index is 5.66. The topological polar surface area (TPSA) is 46.9 Å². The molecule has 1 N–H and O–H groups in total. The molecule has 1 aromatic heterocycles. The van der Waals surface area contributed by atoms with E-state index in [0.717, 1.165) is 56.3 Å². The normalized spacial score (nSPS) is 16.1. The van der Waals surface area contributed by atoms with Gasteiger partial charge in [-0.3, -0.25) is 4.90 Å². The molecule has 0 aliphatic carbocycles. The average molecular weight is 344 g/mol. The van der Waals surface area contributed by atoms with Gasteiger partial charge in [-0.2, -0.15) is 0 Å². The van der Waals surface area contributed by atoms with Crippen LogP contribution >= 0.6 is 0 Å². The van der Waals surface area contributed by atoms with Gasteiger partial charge in [0.15, 0.2) is 11.5 Å². The molecule has 5 nitrogen and oxygen atoms in total. The molecule has 2 heterocycles. The summed E-state index contributed by atoms with van der Waals surface area (Å²) in [6.45, 7) is 6.60. The molecule has 0 radical (unpaired) electrons. The molecule has 1 aliphatic heterocycles. The lowest BCUT2D eigenvalue weighted by Gasteiger charge is -2.32. The van der Waals surface area contributed by atoms with Crippen LogP contribution in [0.3, 0.4) is 0 Å². The summed E-state index contributed by atoms with van der Waals surface area (Å²) < 4.78 is 16.4. The van der Waals surface area contributed by atoms with Crippen molar-refractivity contribution in [1.29, 1.82) is 0 Å². The summed E-state index contributed by atoms with van der Waals surface area (Å²) in [7, 11) is 1.67.